The van der Waals surface area contributed by atoms with Crippen LogP contribution in [0, 0.1) is 0 Å². The Labute approximate surface area is 177 Å². The molecule has 0 bridgehead atoms. The molecule has 30 heavy (non-hydrogen) atoms. The first-order chi connectivity index (χ1) is 14.5. The SMILES string of the molecule is COc1ccc(CCNc2ncnc(Nc3ccc(C(C)C)cc3)c2N)cc1OC. The number of nitrogens with one attached hydrogen (secondary N) is 2. The van der Waals surface area contributed by atoms with Gasteiger partial charge in [-0.05, 0) is 47.7 Å². The summed E-state index contributed by atoms with van der Waals surface area (Å²) in [7, 11) is 3.26. The maximum Gasteiger partial charge on any atom is 0.160 e. The minimum Gasteiger partial charge on any atom is -0.493 e. The van der Waals surface area contributed by atoms with Gasteiger partial charge in [0, 0.05) is 12.2 Å². The summed E-state index contributed by atoms with van der Waals surface area (Å²) in [6.07, 6.45) is 2.28. The van der Waals surface area contributed by atoms with Crippen molar-refractivity contribution < 1.29 is 9.47 Å². The molecule has 7 nitrogen and oxygen atoms in total. The van der Waals surface area contributed by atoms with E-state index < -0.39 is 0 Å². The highest BCUT2D eigenvalue weighted by atomic mass is 16.5. The second-order valence-corrected chi connectivity index (χ2v) is 7.25. The van der Waals surface area contributed by atoms with Crippen molar-refractivity contribution in [3.63, 3.8) is 0 Å². The molecule has 0 radical (unpaired) electrons. The third-order valence-electron chi connectivity index (χ3n) is 4.88. The molecule has 0 atom stereocenters. The van der Waals surface area contributed by atoms with Gasteiger partial charge in [-0.15, -0.1) is 0 Å². The summed E-state index contributed by atoms with van der Waals surface area (Å²) < 4.78 is 10.6. The molecular weight excluding hydrogens is 378 g/mol. The Kier molecular flexibility index (Phi) is 6.95. The third-order valence-corrected chi connectivity index (χ3v) is 4.88. The van der Waals surface area contributed by atoms with Gasteiger partial charge in [0.05, 0.1) is 14.2 Å². The Bertz CT molecular complexity index is 974. The summed E-state index contributed by atoms with van der Waals surface area (Å²) in [5.74, 6) is 3.10. The Balaban J connectivity index is 1.63. The van der Waals surface area contributed by atoms with Crippen molar-refractivity contribution in [2.75, 3.05) is 37.1 Å². The highest BCUT2D eigenvalue weighted by Crippen LogP contribution is 2.29. The summed E-state index contributed by atoms with van der Waals surface area (Å²) in [4.78, 5) is 8.56. The van der Waals surface area contributed by atoms with Crippen LogP contribution in [0.4, 0.5) is 23.0 Å². The van der Waals surface area contributed by atoms with Crippen LogP contribution in [0.3, 0.4) is 0 Å². The largest absolute Gasteiger partial charge is 0.493 e. The van der Waals surface area contributed by atoms with Crippen LogP contribution in [0.25, 0.3) is 0 Å². The van der Waals surface area contributed by atoms with E-state index in [1.807, 2.05) is 30.3 Å². The first-order valence-electron chi connectivity index (χ1n) is 9.94. The molecule has 7 heteroatoms. The second kappa shape index (κ2) is 9.82. The van der Waals surface area contributed by atoms with Gasteiger partial charge in [-0.1, -0.05) is 32.0 Å². The molecule has 2 aromatic carbocycles. The van der Waals surface area contributed by atoms with E-state index in [-0.39, 0.29) is 0 Å². The molecule has 0 saturated carbocycles. The van der Waals surface area contributed by atoms with Crippen LogP contribution in [0.15, 0.2) is 48.8 Å². The van der Waals surface area contributed by atoms with E-state index in [4.69, 9.17) is 15.2 Å². The van der Waals surface area contributed by atoms with Crippen LogP contribution in [-0.4, -0.2) is 30.7 Å². The van der Waals surface area contributed by atoms with Crippen molar-refractivity contribution in [2.24, 2.45) is 0 Å². The fourth-order valence-corrected chi connectivity index (χ4v) is 3.09. The molecule has 0 fully saturated rings. The topological polar surface area (TPSA) is 94.3 Å². The van der Waals surface area contributed by atoms with Crippen molar-refractivity contribution >= 4 is 23.0 Å². The summed E-state index contributed by atoms with van der Waals surface area (Å²) in [6.45, 7) is 5.01. The number of benzene rings is 2. The smallest absolute Gasteiger partial charge is 0.160 e. The summed E-state index contributed by atoms with van der Waals surface area (Å²) in [5, 5.41) is 6.56. The number of anilines is 4. The molecule has 1 heterocycles. The van der Waals surface area contributed by atoms with Gasteiger partial charge in [-0.25, -0.2) is 9.97 Å². The first kappa shape index (κ1) is 21.2. The number of ether oxygens (including phenoxy) is 2. The zero-order valence-electron chi connectivity index (χ0n) is 17.9. The molecule has 0 aliphatic carbocycles. The molecule has 3 aromatic rings. The van der Waals surface area contributed by atoms with E-state index in [1.54, 1.807) is 14.2 Å². The van der Waals surface area contributed by atoms with E-state index in [2.05, 4.69) is 46.6 Å². The maximum atomic E-state index is 6.29. The number of rotatable bonds is 9. The molecule has 158 valence electrons. The third kappa shape index (κ3) is 5.11. The van der Waals surface area contributed by atoms with Crippen molar-refractivity contribution in [1.29, 1.82) is 0 Å². The number of nitrogens with two attached hydrogens (primary N) is 1. The lowest BCUT2D eigenvalue weighted by Crippen LogP contribution is -2.11. The average molecular weight is 408 g/mol. The average Bonchev–Trinajstić information content (AvgIpc) is 2.76. The highest BCUT2D eigenvalue weighted by molar-refractivity contribution is 5.77. The van der Waals surface area contributed by atoms with Crippen molar-refractivity contribution in [1.82, 2.24) is 9.97 Å². The summed E-state index contributed by atoms with van der Waals surface area (Å²) >= 11 is 0. The van der Waals surface area contributed by atoms with E-state index in [1.165, 1.54) is 11.9 Å². The number of nitrogen functional groups attached to an aromatic ring is 1. The fourth-order valence-electron chi connectivity index (χ4n) is 3.09. The van der Waals surface area contributed by atoms with Crippen LogP contribution < -0.4 is 25.8 Å². The maximum absolute atomic E-state index is 6.29. The number of aromatic nitrogens is 2. The van der Waals surface area contributed by atoms with Gasteiger partial charge < -0.3 is 25.8 Å². The fraction of sp³-hybridized carbons (Fsp3) is 0.304. The quantitative estimate of drug-likeness (QED) is 0.477. The lowest BCUT2D eigenvalue weighted by molar-refractivity contribution is 0.354. The van der Waals surface area contributed by atoms with E-state index >= 15 is 0 Å². The van der Waals surface area contributed by atoms with E-state index in [9.17, 15) is 0 Å². The molecule has 0 amide bonds. The molecule has 0 aliphatic rings. The molecule has 0 aliphatic heterocycles. The molecule has 4 N–H and O–H groups in total. The zero-order valence-corrected chi connectivity index (χ0v) is 17.9. The lowest BCUT2D eigenvalue weighted by Gasteiger charge is -2.14. The number of nitrogens with zero attached hydrogens (tertiary/aromatic N) is 2. The molecular formula is C23H29N5O2. The van der Waals surface area contributed by atoms with Gasteiger partial charge in [-0.3, -0.25) is 0 Å². The van der Waals surface area contributed by atoms with Crippen molar-refractivity contribution in [3.8, 4) is 11.5 Å². The normalized spacial score (nSPS) is 10.7. The van der Waals surface area contributed by atoms with Crippen LogP contribution in [0.5, 0.6) is 11.5 Å². The van der Waals surface area contributed by atoms with Crippen LogP contribution in [0.1, 0.15) is 30.9 Å². The number of hydrogen-bond acceptors (Lipinski definition) is 7. The van der Waals surface area contributed by atoms with Gasteiger partial charge in [0.15, 0.2) is 23.1 Å². The van der Waals surface area contributed by atoms with Gasteiger partial charge in [0.2, 0.25) is 0 Å². The molecule has 3 rings (SSSR count). The van der Waals surface area contributed by atoms with Crippen LogP contribution in [-0.2, 0) is 6.42 Å². The van der Waals surface area contributed by atoms with Gasteiger partial charge in [-0.2, -0.15) is 0 Å². The highest BCUT2D eigenvalue weighted by Gasteiger charge is 2.09. The Hall–Kier alpha value is -3.48. The Morgan fingerprint density at radius 3 is 2.30 bits per heavy atom. The molecule has 0 saturated heterocycles. The van der Waals surface area contributed by atoms with Gasteiger partial charge >= 0.3 is 0 Å². The van der Waals surface area contributed by atoms with Crippen LogP contribution >= 0.6 is 0 Å². The Morgan fingerprint density at radius 1 is 0.933 bits per heavy atom. The minimum absolute atomic E-state index is 0.484. The second-order valence-electron chi connectivity index (χ2n) is 7.25. The predicted molar refractivity (Wildman–Crippen MR) is 122 cm³/mol. The zero-order chi connectivity index (χ0) is 21.5. The molecule has 1 aromatic heterocycles. The summed E-state index contributed by atoms with van der Waals surface area (Å²) in [6, 6.07) is 14.2. The standard InChI is InChI=1S/C23H29N5O2/c1-15(2)17-6-8-18(9-7-17)28-23-21(24)22(26-14-27-23)25-12-11-16-5-10-19(29-3)20(13-16)30-4/h5-10,13-15H,11-12,24H2,1-4H3,(H2,25,26,27,28). The van der Waals surface area contributed by atoms with Gasteiger partial charge in [0.25, 0.3) is 0 Å². The lowest BCUT2D eigenvalue weighted by atomic mass is 10.0. The van der Waals surface area contributed by atoms with Gasteiger partial charge in [0.1, 0.15) is 12.0 Å². The van der Waals surface area contributed by atoms with E-state index in [0.717, 1.165) is 17.7 Å². The predicted octanol–water partition coefficient (Wildman–Crippen LogP) is 4.60. The first-order valence-corrected chi connectivity index (χ1v) is 9.94. The van der Waals surface area contributed by atoms with E-state index in [0.29, 0.717) is 41.3 Å². The molecule has 0 spiro atoms. The van der Waals surface area contributed by atoms with Crippen molar-refractivity contribution in [3.05, 3.63) is 59.9 Å². The summed E-state index contributed by atoms with van der Waals surface area (Å²) in [5.41, 5.74) is 10.1. The monoisotopic (exact) mass is 407 g/mol. The Morgan fingerprint density at radius 2 is 1.63 bits per heavy atom. The molecule has 0 unspecified atom stereocenters. The van der Waals surface area contributed by atoms with Crippen LogP contribution in [0.2, 0.25) is 0 Å². The van der Waals surface area contributed by atoms with Crippen molar-refractivity contribution in [2.45, 2.75) is 26.2 Å². The number of methoxy groups -OCH3 is 2. The minimum atomic E-state index is 0.484. The number of hydrogen-bond donors (Lipinski definition) is 3.